The van der Waals surface area contributed by atoms with Crippen LogP contribution in [0.3, 0.4) is 0 Å². The predicted molar refractivity (Wildman–Crippen MR) is 66.3 cm³/mol. The molecule has 6 heteroatoms. The van der Waals surface area contributed by atoms with Crippen molar-refractivity contribution in [3.63, 3.8) is 0 Å². The summed E-state index contributed by atoms with van der Waals surface area (Å²) in [7, 11) is 0. The van der Waals surface area contributed by atoms with E-state index < -0.39 is 18.2 Å². The smallest absolute Gasteiger partial charge is 0.338 e. The highest BCUT2D eigenvalue weighted by molar-refractivity contribution is 5.77. The summed E-state index contributed by atoms with van der Waals surface area (Å²) >= 11 is 0. The number of hydrogen-bond donors (Lipinski definition) is 2. The molecule has 0 aliphatic rings. The second kappa shape index (κ2) is 5.38. The van der Waals surface area contributed by atoms with Gasteiger partial charge in [0.05, 0.1) is 6.61 Å². The Hall–Kier alpha value is -1.92. The van der Waals surface area contributed by atoms with Crippen LogP contribution in [-0.4, -0.2) is 33.9 Å². The van der Waals surface area contributed by atoms with Crippen molar-refractivity contribution in [2.75, 3.05) is 6.61 Å². The van der Waals surface area contributed by atoms with Crippen LogP contribution in [0, 0.1) is 6.92 Å². The third-order valence-corrected chi connectivity index (χ3v) is 2.69. The van der Waals surface area contributed by atoms with Crippen molar-refractivity contribution >= 4 is 17.1 Å². The second-order valence-corrected chi connectivity index (χ2v) is 4.10. The molecule has 0 amide bonds. The number of aromatic nitrogens is 1. The maximum atomic E-state index is 11.4. The highest BCUT2D eigenvalue weighted by atomic mass is 16.5. The fourth-order valence-electron chi connectivity index (χ4n) is 1.78. The zero-order valence-corrected chi connectivity index (χ0v) is 10.7. The van der Waals surface area contributed by atoms with Gasteiger partial charge in [-0.3, -0.25) is 0 Å². The molecule has 2 aromatic rings. The van der Waals surface area contributed by atoms with Crippen molar-refractivity contribution in [1.82, 2.24) is 4.98 Å². The molecule has 1 aromatic carbocycles. The van der Waals surface area contributed by atoms with Gasteiger partial charge in [0.1, 0.15) is 11.6 Å². The number of ether oxygens (including phenoxy) is 1. The van der Waals surface area contributed by atoms with Crippen molar-refractivity contribution < 1.29 is 24.2 Å². The van der Waals surface area contributed by atoms with Crippen molar-refractivity contribution in [3.8, 4) is 0 Å². The molecule has 102 valence electrons. The number of aryl methyl sites for hydroxylation is 1. The first-order chi connectivity index (χ1) is 9.02. The zero-order valence-electron chi connectivity index (χ0n) is 10.7. The molecule has 0 aliphatic carbocycles. The van der Waals surface area contributed by atoms with E-state index >= 15 is 0 Å². The Kier molecular flexibility index (Phi) is 3.82. The molecule has 6 nitrogen and oxygen atoms in total. The molecule has 0 saturated carbocycles. The van der Waals surface area contributed by atoms with Gasteiger partial charge < -0.3 is 19.4 Å². The van der Waals surface area contributed by atoms with Crippen molar-refractivity contribution in [2.45, 2.75) is 26.1 Å². The minimum atomic E-state index is -1.62. The summed E-state index contributed by atoms with van der Waals surface area (Å²) in [5.41, 5.74) is 1.52. The molecule has 0 bridgehead atoms. The fourth-order valence-corrected chi connectivity index (χ4v) is 1.78. The number of carbonyl (C=O) groups excluding carboxylic acids is 1. The van der Waals surface area contributed by atoms with Gasteiger partial charge >= 0.3 is 5.97 Å². The molecule has 2 N–H and O–H groups in total. The minimum Gasteiger partial charge on any atom is -0.464 e. The Morgan fingerprint density at radius 1 is 1.47 bits per heavy atom. The molecule has 1 aromatic heterocycles. The number of benzene rings is 1. The molecular formula is C13H15NO5. The van der Waals surface area contributed by atoms with Gasteiger partial charge in [-0.1, -0.05) is 6.07 Å². The summed E-state index contributed by atoms with van der Waals surface area (Å²) < 4.78 is 9.96. The lowest BCUT2D eigenvalue weighted by Gasteiger charge is -2.16. The van der Waals surface area contributed by atoms with E-state index in [1.165, 1.54) is 0 Å². The van der Waals surface area contributed by atoms with Crippen LogP contribution in [-0.2, 0) is 9.53 Å². The molecule has 2 unspecified atom stereocenters. The SMILES string of the molecule is CCOC(=O)C(O)C(O)c1ccc2oc(C)nc2c1. The summed E-state index contributed by atoms with van der Waals surface area (Å²) in [6.45, 7) is 3.48. The van der Waals surface area contributed by atoms with Gasteiger partial charge in [-0.2, -0.15) is 0 Å². The molecule has 19 heavy (non-hydrogen) atoms. The van der Waals surface area contributed by atoms with Gasteiger partial charge in [-0.15, -0.1) is 0 Å². The van der Waals surface area contributed by atoms with E-state index in [4.69, 9.17) is 4.42 Å². The van der Waals surface area contributed by atoms with E-state index in [0.717, 1.165) is 0 Å². The quantitative estimate of drug-likeness (QED) is 0.804. The molecule has 0 saturated heterocycles. The fraction of sp³-hybridized carbons (Fsp3) is 0.385. The Balaban J connectivity index is 2.25. The highest BCUT2D eigenvalue weighted by Crippen LogP contribution is 2.23. The monoisotopic (exact) mass is 265 g/mol. The lowest BCUT2D eigenvalue weighted by molar-refractivity contribution is -0.159. The van der Waals surface area contributed by atoms with Gasteiger partial charge in [-0.25, -0.2) is 9.78 Å². The van der Waals surface area contributed by atoms with Gasteiger partial charge in [-0.05, 0) is 24.6 Å². The van der Waals surface area contributed by atoms with E-state index in [1.54, 1.807) is 32.0 Å². The summed E-state index contributed by atoms with van der Waals surface area (Å²) in [6.07, 6.45) is -2.98. The Labute approximate surface area is 109 Å². The van der Waals surface area contributed by atoms with Crippen LogP contribution in [0.2, 0.25) is 0 Å². The lowest BCUT2D eigenvalue weighted by atomic mass is 10.0. The summed E-state index contributed by atoms with van der Waals surface area (Å²) in [5.74, 6) is -0.348. The molecule has 0 spiro atoms. The molecule has 1 heterocycles. The summed E-state index contributed by atoms with van der Waals surface area (Å²) in [6, 6.07) is 4.77. The van der Waals surface area contributed by atoms with E-state index in [0.29, 0.717) is 22.6 Å². The Morgan fingerprint density at radius 2 is 2.21 bits per heavy atom. The molecular weight excluding hydrogens is 250 g/mol. The molecule has 2 rings (SSSR count). The van der Waals surface area contributed by atoms with Crippen LogP contribution in [0.25, 0.3) is 11.1 Å². The van der Waals surface area contributed by atoms with E-state index in [9.17, 15) is 15.0 Å². The average molecular weight is 265 g/mol. The van der Waals surface area contributed by atoms with Crippen LogP contribution < -0.4 is 0 Å². The van der Waals surface area contributed by atoms with Gasteiger partial charge in [0.2, 0.25) is 0 Å². The van der Waals surface area contributed by atoms with E-state index in [1.807, 2.05) is 0 Å². The first kappa shape index (κ1) is 13.5. The summed E-state index contributed by atoms with van der Waals surface area (Å²) in [5, 5.41) is 19.6. The molecule has 2 atom stereocenters. The normalized spacial score (nSPS) is 14.3. The van der Waals surface area contributed by atoms with Gasteiger partial charge in [0, 0.05) is 6.92 Å². The third-order valence-electron chi connectivity index (χ3n) is 2.69. The summed E-state index contributed by atoms with van der Waals surface area (Å²) in [4.78, 5) is 15.5. The largest absolute Gasteiger partial charge is 0.464 e. The van der Waals surface area contributed by atoms with Crippen LogP contribution in [0.5, 0.6) is 0 Å². The number of fused-ring (bicyclic) bond motifs is 1. The molecule has 0 radical (unpaired) electrons. The third kappa shape index (κ3) is 2.74. The van der Waals surface area contributed by atoms with Gasteiger partial charge in [0.25, 0.3) is 0 Å². The number of hydrogen-bond acceptors (Lipinski definition) is 6. The van der Waals surface area contributed by atoms with Crippen molar-refractivity contribution in [2.24, 2.45) is 0 Å². The standard InChI is InChI=1S/C13H15NO5/c1-3-18-13(17)12(16)11(15)8-4-5-10-9(6-8)14-7(2)19-10/h4-6,11-12,15-16H,3H2,1-2H3. The van der Waals surface area contributed by atoms with Crippen LogP contribution >= 0.6 is 0 Å². The number of rotatable bonds is 4. The number of esters is 1. The maximum absolute atomic E-state index is 11.4. The number of aliphatic hydroxyl groups is 2. The second-order valence-electron chi connectivity index (χ2n) is 4.10. The highest BCUT2D eigenvalue weighted by Gasteiger charge is 2.27. The van der Waals surface area contributed by atoms with Crippen molar-refractivity contribution in [1.29, 1.82) is 0 Å². The van der Waals surface area contributed by atoms with Crippen LogP contribution in [0.15, 0.2) is 22.6 Å². The maximum Gasteiger partial charge on any atom is 0.338 e. The number of carbonyl (C=O) groups is 1. The molecule has 0 fully saturated rings. The Morgan fingerprint density at radius 3 is 2.89 bits per heavy atom. The van der Waals surface area contributed by atoms with Gasteiger partial charge in [0.15, 0.2) is 17.6 Å². The number of nitrogens with zero attached hydrogens (tertiary/aromatic N) is 1. The van der Waals surface area contributed by atoms with Crippen LogP contribution in [0.1, 0.15) is 24.5 Å². The Bertz CT molecular complexity index is 592. The predicted octanol–water partition coefficient (Wildman–Crippen LogP) is 1.09. The first-order valence-electron chi connectivity index (χ1n) is 5.92. The number of oxazole rings is 1. The minimum absolute atomic E-state index is 0.143. The van der Waals surface area contributed by atoms with E-state index in [-0.39, 0.29) is 6.61 Å². The lowest BCUT2D eigenvalue weighted by Crippen LogP contribution is -2.29. The first-order valence-corrected chi connectivity index (χ1v) is 5.92. The average Bonchev–Trinajstić information content (AvgIpc) is 2.76. The number of aliphatic hydroxyl groups excluding tert-OH is 2. The van der Waals surface area contributed by atoms with Crippen LogP contribution in [0.4, 0.5) is 0 Å². The van der Waals surface area contributed by atoms with Crippen molar-refractivity contribution in [3.05, 3.63) is 29.7 Å². The topological polar surface area (TPSA) is 92.8 Å². The zero-order chi connectivity index (χ0) is 14.0. The van der Waals surface area contributed by atoms with E-state index in [2.05, 4.69) is 9.72 Å². The molecule has 0 aliphatic heterocycles.